The monoisotopic (exact) mass is 312 g/mol. The van der Waals surface area contributed by atoms with Gasteiger partial charge in [-0.05, 0) is 43.4 Å². The van der Waals surface area contributed by atoms with Crippen molar-refractivity contribution in [3.63, 3.8) is 0 Å². The lowest BCUT2D eigenvalue weighted by atomic mass is 10.2. The summed E-state index contributed by atoms with van der Waals surface area (Å²) >= 11 is 0. The Morgan fingerprint density at radius 1 is 1.30 bits per heavy atom. The smallest absolute Gasteiger partial charge is 0.300 e. The van der Waals surface area contributed by atoms with Crippen LogP contribution in [0.15, 0.2) is 29.1 Å². The van der Waals surface area contributed by atoms with Crippen molar-refractivity contribution in [3.05, 3.63) is 51.4 Å². The van der Waals surface area contributed by atoms with Crippen LogP contribution in [0.4, 0.5) is 0 Å². The lowest BCUT2D eigenvalue weighted by molar-refractivity contribution is 0.143. The maximum Gasteiger partial charge on any atom is 0.300 e. The molecule has 0 amide bonds. The summed E-state index contributed by atoms with van der Waals surface area (Å²) in [6.07, 6.45) is 3.59. The quantitative estimate of drug-likeness (QED) is 0.868. The number of aromatic nitrogens is 2. The van der Waals surface area contributed by atoms with Crippen molar-refractivity contribution < 1.29 is 9.47 Å². The fraction of sp³-hybridized carbons (Fsp3) is 0.444. The highest BCUT2D eigenvalue weighted by Crippen LogP contribution is 2.24. The molecule has 120 valence electrons. The van der Waals surface area contributed by atoms with E-state index in [4.69, 9.17) is 9.47 Å². The van der Waals surface area contributed by atoms with Crippen LogP contribution in [0, 0.1) is 0 Å². The van der Waals surface area contributed by atoms with Crippen molar-refractivity contribution in [2.24, 2.45) is 0 Å². The average Bonchev–Trinajstić information content (AvgIpc) is 3.20. The van der Waals surface area contributed by atoms with Gasteiger partial charge in [-0.25, -0.2) is 4.98 Å². The molecule has 1 aromatic carbocycles. The topological polar surface area (TPSA) is 53.4 Å². The van der Waals surface area contributed by atoms with E-state index in [0.29, 0.717) is 19.2 Å². The van der Waals surface area contributed by atoms with Gasteiger partial charge in [0.15, 0.2) is 6.10 Å². The normalized spacial score (nSPS) is 18.4. The summed E-state index contributed by atoms with van der Waals surface area (Å²) < 4.78 is 13.3. The fourth-order valence-electron chi connectivity index (χ4n) is 3.25. The van der Waals surface area contributed by atoms with E-state index in [1.165, 1.54) is 5.56 Å². The zero-order valence-corrected chi connectivity index (χ0v) is 13.2. The fourth-order valence-corrected chi connectivity index (χ4v) is 3.25. The highest BCUT2D eigenvalue weighted by Gasteiger charge is 2.29. The van der Waals surface area contributed by atoms with Crippen molar-refractivity contribution in [1.82, 2.24) is 9.55 Å². The molecular weight excluding hydrogens is 292 g/mol. The van der Waals surface area contributed by atoms with Crippen LogP contribution in [0.3, 0.4) is 0 Å². The Morgan fingerprint density at radius 2 is 2.13 bits per heavy atom. The molecule has 2 heterocycles. The molecule has 1 aliphatic heterocycles. The van der Waals surface area contributed by atoms with Gasteiger partial charge in [0.2, 0.25) is 0 Å². The van der Waals surface area contributed by atoms with Gasteiger partial charge in [0.05, 0.1) is 12.2 Å². The first-order valence-electron chi connectivity index (χ1n) is 8.25. The second-order valence-corrected chi connectivity index (χ2v) is 6.14. The molecule has 1 aliphatic carbocycles. The molecule has 5 nitrogen and oxygen atoms in total. The van der Waals surface area contributed by atoms with Gasteiger partial charge in [0, 0.05) is 5.56 Å². The van der Waals surface area contributed by atoms with E-state index >= 15 is 0 Å². The van der Waals surface area contributed by atoms with E-state index in [9.17, 15) is 4.79 Å². The first-order chi connectivity index (χ1) is 11.2. The molecule has 2 aromatic rings. The molecule has 2 aliphatic rings. The Hall–Kier alpha value is -2.30. The van der Waals surface area contributed by atoms with E-state index in [2.05, 4.69) is 24.0 Å². The summed E-state index contributed by atoms with van der Waals surface area (Å²) in [5.41, 5.74) is 3.14. The maximum absolute atomic E-state index is 12.4. The molecule has 0 saturated heterocycles. The Kier molecular flexibility index (Phi) is 3.56. The predicted octanol–water partition coefficient (Wildman–Crippen LogP) is 2.13. The predicted molar refractivity (Wildman–Crippen MR) is 86.3 cm³/mol. The highest BCUT2D eigenvalue weighted by atomic mass is 16.6. The van der Waals surface area contributed by atoms with Gasteiger partial charge in [-0.1, -0.05) is 19.1 Å². The summed E-state index contributed by atoms with van der Waals surface area (Å²) in [7, 11) is 0. The molecule has 1 unspecified atom stereocenters. The molecule has 0 radical (unpaired) electrons. The summed E-state index contributed by atoms with van der Waals surface area (Å²) in [6.45, 7) is 3.06. The third-order valence-corrected chi connectivity index (χ3v) is 4.58. The van der Waals surface area contributed by atoms with E-state index < -0.39 is 0 Å². The van der Waals surface area contributed by atoms with E-state index in [1.54, 1.807) is 4.57 Å². The van der Waals surface area contributed by atoms with E-state index in [-0.39, 0.29) is 11.7 Å². The van der Waals surface area contributed by atoms with Crippen molar-refractivity contribution >= 4 is 0 Å². The van der Waals surface area contributed by atoms with Crippen LogP contribution in [0.2, 0.25) is 0 Å². The Balaban J connectivity index is 1.44. The number of nitrogens with zero attached hydrogens (tertiary/aromatic N) is 2. The number of rotatable bonds is 4. The molecule has 1 atom stereocenters. The zero-order valence-electron chi connectivity index (χ0n) is 13.2. The van der Waals surface area contributed by atoms with Crippen molar-refractivity contribution in [1.29, 1.82) is 0 Å². The number of aryl methyl sites for hydroxylation is 2. The largest absolute Gasteiger partial charge is 0.490 e. The van der Waals surface area contributed by atoms with Crippen LogP contribution in [0.25, 0.3) is 0 Å². The SMILES string of the molecule is CCc1ccc(OCC2Cn3c(nc4c(c3=O)CCC4)O2)cc1. The van der Waals surface area contributed by atoms with Gasteiger partial charge in [0.25, 0.3) is 11.6 Å². The summed E-state index contributed by atoms with van der Waals surface area (Å²) in [6, 6.07) is 8.53. The highest BCUT2D eigenvalue weighted by molar-refractivity contribution is 5.28. The van der Waals surface area contributed by atoms with Gasteiger partial charge in [-0.3, -0.25) is 9.36 Å². The summed E-state index contributed by atoms with van der Waals surface area (Å²) in [4.78, 5) is 17.0. The molecule has 0 saturated carbocycles. The molecule has 0 bridgehead atoms. The van der Waals surface area contributed by atoms with E-state index in [0.717, 1.165) is 42.7 Å². The summed E-state index contributed by atoms with van der Waals surface area (Å²) in [5, 5.41) is 0. The lowest BCUT2D eigenvalue weighted by Crippen LogP contribution is -2.27. The second-order valence-electron chi connectivity index (χ2n) is 6.14. The third-order valence-electron chi connectivity index (χ3n) is 4.58. The van der Waals surface area contributed by atoms with Gasteiger partial charge in [0.1, 0.15) is 12.4 Å². The van der Waals surface area contributed by atoms with Gasteiger partial charge >= 0.3 is 0 Å². The average molecular weight is 312 g/mol. The molecule has 0 fully saturated rings. The summed E-state index contributed by atoms with van der Waals surface area (Å²) in [5.74, 6) is 0.824. The number of fused-ring (bicyclic) bond motifs is 2. The first-order valence-corrected chi connectivity index (χ1v) is 8.25. The van der Waals surface area contributed by atoms with Gasteiger partial charge in [-0.15, -0.1) is 0 Å². The number of hydrogen-bond donors (Lipinski definition) is 0. The third kappa shape index (κ3) is 2.60. The van der Waals surface area contributed by atoms with Gasteiger partial charge < -0.3 is 9.47 Å². The van der Waals surface area contributed by atoms with Crippen LogP contribution in [-0.4, -0.2) is 22.3 Å². The van der Waals surface area contributed by atoms with Gasteiger partial charge in [-0.2, -0.15) is 0 Å². The Bertz CT molecular complexity index is 780. The maximum atomic E-state index is 12.4. The molecule has 4 rings (SSSR count). The second kappa shape index (κ2) is 5.72. The van der Waals surface area contributed by atoms with Crippen LogP contribution in [-0.2, 0) is 25.8 Å². The molecule has 5 heteroatoms. The van der Waals surface area contributed by atoms with Crippen LogP contribution < -0.4 is 15.0 Å². The Morgan fingerprint density at radius 3 is 2.91 bits per heavy atom. The number of hydrogen-bond acceptors (Lipinski definition) is 4. The van der Waals surface area contributed by atoms with Crippen molar-refractivity contribution in [3.8, 4) is 11.8 Å². The number of benzene rings is 1. The standard InChI is InChI=1S/C18H20N2O3/c1-2-12-6-8-13(9-7-12)22-11-14-10-20-17(21)15-4-3-5-16(15)19-18(20)23-14/h6-9,14H,2-5,10-11H2,1H3. The minimum atomic E-state index is -0.163. The Labute approximate surface area is 134 Å². The molecule has 0 N–H and O–H groups in total. The lowest BCUT2D eigenvalue weighted by Gasteiger charge is -2.11. The molecule has 0 spiro atoms. The molecule has 23 heavy (non-hydrogen) atoms. The van der Waals surface area contributed by atoms with E-state index in [1.807, 2.05) is 12.1 Å². The van der Waals surface area contributed by atoms with Crippen molar-refractivity contribution in [2.75, 3.05) is 6.61 Å². The van der Waals surface area contributed by atoms with Crippen LogP contribution in [0.1, 0.15) is 30.2 Å². The van der Waals surface area contributed by atoms with Crippen LogP contribution >= 0.6 is 0 Å². The minimum absolute atomic E-state index is 0.0669. The van der Waals surface area contributed by atoms with Crippen molar-refractivity contribution in [2.45, 2.75) is 45.3 Å². The molecule has 1 aromatic heterocycles. The number of ether oxygens (including phenoxy) is 2. The minimum Gasteiger partial charge on any atom is -0.490 e. The zero-order chi connectivity index (χ0) is 15.8. The van der Waals surface area contributed by atoms with Crippen LogP contribution in [0.5, 0.6) is 11.8 Å². The first kappa shape index (κ1) is 14.3. The molecular formula is C18H20N2O3.